The quantitative estimate of drug-likeness (QED) is 0.772. The molecule has 5 heteroatoms. The standard InChI is InChI=1S/C20H30N2O3/c1-14(2)18(22-8-10-24-11-9-22)13-21-20(23)7-5-16-4-6-19(25-16)17-12-15(17)3/h4-7,14-15,17-18H,8-13H2,1-3H3,(H,21,23)/b7-5-/t15-,17-,18+/m1/s1. The molecule has 0 aromatic carbocycles. The van der Waals surface area contributed by atoms with Crippen LogP contribution in [-0.4, -0.2) is 49.7 Å². The molecule has 1 saturated heterocycles. The predicted molar refractivity (Wildman–Crippen MR) is 98.3 cm³/mol. The highest BCUT2D eigenvalue weighted by Crippen LogP contribution is 2.47. The van der Waals surface area contributed by atoms with Crippen molar-refractivity contribution in [3.63, 3.8) is 0 Å². The number of carbonyl (C=O) groups is 1. The highest BCUT2D eigenvalue weighted by Gasteiger charge is 2.36. The SMILES string of the molecule is CC(C)[C@H](CNC(=O)/C=C\c1ccc([C@@H]2C[C@H]2C)o1)N1CCOCC1. The van der Waals surface area contributed by atoms with Gasteiger partial charge in [0.05, 0.1) is 13.2 Å². The van der Waals surface area contributed by atoms with E-state index in [2.05, 4.69) is 31.0 Å². The van der Waals surface area contributed by atoms with Crippen LogP contribution in [0.4, 0.5) is 0 Å². The van der Waals surface area contributed by atoms with Gasteiger partial charge in [0.15, 0.2) is 0 Å². The van der Waals surface area contributed by atoms with Gasteiger partial charge in [-0.2, -0.15) is 0 Å². The van der Waals surface area contributed by atoms with Crippen molar-refractivity contribution in [2.24, 2.45) is 11.8 Å². The lowest BCUT2D eigenvalue weighted by Crippen LogP contribution is -2.51. The van der Waals surface area contributed by atoms with Gasteiger partial charge in [0.2, 0.25) is 5.91 Å². The van der Waals surface area contributed by atoms with Crippen LogP contribution in [0, 0.1) is 11.8 Å². The molecule has 5 nitrogen and oxygen atoms in total. The monoisotopic (exact) mass is 346 g/mol. The number of ether oxygens (including phenoxy) is 1. The van der Waals surface area contributed by atoms with E-state index >= 15 is 0 Å². The average Bonchev–Trinajstić information content (AvgIpc) is 3.15. The highest BCUT2D eigenvalue weighted by atomic mass is 16.5. The maximum Gasteiger partial charge on any atom is 0.244 e. The van der Waals surface area contributed by atoms with Crippen molar-refractivity contribution in [2.75, 3.05) is 32.8 Å². The van der Waals surface area contributed by atoms with E-state index in [9.17, 15) is 4.79 Å². The summed E-state index contributed by atoms with van der Waals surface area (Å²) in [5.74, 6) is 3.49. The van der Waals surface area contributed by atoms with Gasteiger partial charge < -0.3 is 14.5 Å². The number of nitrogens with one attached hydrogen (secondary N) is 1. The molecule has 1 N–H and O–H groups in total. The Morgan fingerprint density at radius 3 is 2.72 bits per heavy atom. The minimum absolute atomic E-state index is 0.0725. The van der Waals surface area contributed by atoms with Crippen molar-refractivity contribution in [2.45, 2.75) is 39.2 Å². The Balaban J connectivity index is 1.48. The molecule has 1 aromatic rings. The third-order valence-electron chi connectivity index (χ3n) is 5.29. The van der Waals surface area contributed by atoms with Crippen LogP contribution in [0.15, 0.2) is 22.6 Å². The Morgan fingerprint density at radius 1 is 1.36 bits per heavy atom. The molecular formula is C20H30N2O3. The lowest BCUT2D eigenvalue weighted by Gasteiger charge is -2.36. The molecule has 2 aliphatic rings. The van der Waals surface area contributed by atoms with Crippen LogP contribution in [-0.2, 0) is 9.53 Å². The van der Waals surface area contributed by atoms with Crippen molar-refractivity contribution in [3.05, 3.63) is 29.7 Å². The number of furan rings is 1. The second kappa shape index (κ2) is 8.19. The number of carbonyl (C=O) groups excluding carboxylic acids is 1. The summed E-state index contributed by atoms with van der Waals surface area (Å²) >= 11 is 0. The molecule has 0 spiro atoms. The Bertz CT molecular complexity index is 602. The Labute approximate surface area is 150 Å². The van der Waals surface area contributed by atoms with Gasteiger partial charge in [0.25, 0.3) is 0 Å². The topological polar surface area (TPSA) is 54.7 Å². The fourth-order valence-electron chi connectivity index (χ4n) is 3.49. The van der Waals surface area contributed by atoms with Gasteiger partial charge in [-0.15, -0.1) is 0 Å². The lowest BCUT2D eigenvalue weighted by atomic mass is 10.0. The predicted octanol–water partition coefficient (Wildman–Crippen LogP) is 2.89. The first kappa shape index (κ1) is 18.2. The third kappa shape index (κ3) is 4.95. The van der Waals surface area contributed by atoms with E-state index < -0.39 is 0 Å². The summed E-state index contributed by atoms with van der Waals surface area (Å²) in [6.07, 6.45) is 4.52. The second-order valence-corrected chi connectivity index (χ2v) is 7.60. The van der Waals surface area contributed by atoms with E-state index in [1.54, 1.807) is 12.2 Å². The summed E-state index contributed by atoms with van der Waals surface area (Å²) in [6, 6.07) is 4.31. The molecule has 1 aliphatic heterocycles. The summed E-state index contributed by atoms with van der Waals surface area (Å²) in [7, 11) is 0. The number of nitrogens with zero attached hydrogens (tertiary/aromatic N) is 1. The second-order valence-electron chi connectivity index (χ2n) is 7.60. The minimum Gasteiger partial charge on any atom is -0.461 e. The largest absolute Gasteiger partial charge is 0.461 e. The third-order valence-corrected chi connectivity index (χ3v) is 5.29. The molecule has 3 rings (SSSR count). The first-order valence-corrected chi connectivity index (χ1v) is 9.42. The fourth-order valence-corrected chi connectivity index (χ4v) is 3.49. The Morgan fingerprint density at radius 2 is 2.08 bits per heavy atom. The molecule has 2 fully saturated rings. The maximum absolute atomic E-state index is 12.1. The molecule has 0 bridgehead atoms. The van der Waals surface area contributed by atoms with Crippen LogP contribution in [0.25, 0.3) is 6.08 Å². The van der Waals surface area contributed by atoms with Gasteiger partial charge in [-0.1, -0.05) is 20.8 Å². The molecule has 138 valence electrons. The smallest absolute Gasteiger partial charge is 0.244 e. The molecule has 2 heterocycles. The van der Waals surface area contributed by atoms with E-state index in [1.165, 1.54) is 6.42 Å². The molecular weight excluding hydrogens is 316 g/mol. The van der Waals surface area contributed by atoms with Crippen molar-refractivity contribution >= 4 is 12.0 Å². The summed E-state index contributed by atoms with van der Waals surface area (Å²) in [6.45, 7) is 10.7. The molecule has 3 atom stereocenters. The highest BCUT2D eigenvalue weighted by molar-refractivity contribution is 5.91. The summed E-state index contributed by atoms with van der Waals surface area (Å²) in [5, 5.41) is 3.03. The zero-order chi connectivity index (χ0) is 17.8. The molecule has 1 amide bonds. The van der Waals surface area contributed by atoms with Crippen LogP contribution >= 0.6 is 0 Å². The summed E-state index contributed by atoms with van der Waals surface area (Å²) < 4.78 is 11.2. The van der Waals surface area contributed by atoms with Crippen LogP contribution in [0.2, 0.25) is 0 Å². The number of hydrogen-bond acceptors (Lipinski definition) is 4. The van der Waals surface area contributed by atoms with E-state index in [4.69, 9.17) is 9.15 Å². The van der Waals surface area contributed by atoms with Crippen LogP contribution < -0.4 is 5.32 Å². The van der Waals surface area contributed by atoms with Crippen molar-refractivity contribution in [1.29, 1.82) is 0 Å². The zero-order valence-corrected chi connectivity index (χ0v) is 15.5. The van der Waals surface area contributed by atoms with Gasteiger partial charge in [-0.25, -0.2) is 0 Å². The van der Waals surface area contributed by atoms with E-state index in [0.29, 0.717) is 24.4 Å². The van der Waals surface area contributed by atoms with Crippen LogP contribution in [0.3, 0.4) is 0 Å². The average molecular weight is 346 g/mol. The van der Waals surface area contributed by atoms with E-state index in [0.717, 1.165) is 43.7 Å². The van der Waals surface area contributed by atoms with Gasteiger partial charge in [-0.05, 0) is 36.5 Å². The number of hydrogen-bond donors (Lipinski definition) is 1. The maximum atomic E-state index is 12.1. The summed E-state index contributed by atoms with van der Waals surface area (Å²) in [5.41, 5.74) is 0. The van der Waals surface area contributed by atoms with Gasteiger partial charge in [-0.3, -0.25) is 9.69 Å². The normalized spacial score (nSPS) is 25.4. The van der Waals surface area contributed by atoms with Crippen LogP contribution in [0.5, 0.6) is 0 Å². The summed E-state index contributed by atoms with van der Waals surface area (Å²) in [4.78, 5) is 14.6. The van der Waals surface area contributed by atoms with Gasteiger partial charge in [0.1, 0.15) is 11.5 Å². The van der Waals surface area contributed by atoms with Gasteiger partial charge in [0, 0.05) is 37.7 Å². The first-order chi connectivity index (χ1) is 12.0. The molecule has 1 saturated carbocycles. The van der Waals surface area contributed by atoms with Crippen molar-refractivity contribution < 1.29 is 13.9 Å². The van der Waals surface area contributed by atoms with E-state index in [-0.39, 0.29) is 5.91 Å². The molecule has 25 heavy (non-hydrogen) atoms. The van der Waals surface area contributed by atoms with Crippen LogP contribution in [0.1, 0.15) is 44.6 Å². The number of rotatable bonds is 7. The molecule has 0 unspecified atom stereocenters. The van der Waals surface area contributed by atoms with E-state index in [1.807, 2.05) is 12.1 Å². The number of morpholine rings is 1. The van der Waals surface area contributed by atoms with Crippen molar-refractivity contribution in [1.82, 2.24) is 10.2 Å². The van der Waals surface area contributed by atoms with Gasteiger partial charge >= 0.3 is 0 Å². The Kier molecular flexibility index (Phi) is 5.97. The molecule has 1 aromatic heterocycles. The zero-order valence-electron chi connectivity index (χ0n) is 15.5. The first-order valence-electron chi connectivity index (χ1n) is 9.42. The number of amides is 1. The van der Waals surface area contributed by atoms with Crippen molar-refractivity contribution in [3.8, 4) is 0 Å². The molecule has 0 radical (unpaired) electrons. The fraction of sp³-hybridized carbons (Fsp3) is 0.650. The lowest BCUT2D eigenvalue weighted by molar-refractivity contribution is -0.116. The minimum atomic E-state index is -0.0725. The molecule has 1 aliphatic carbocycles. The Hall–Kier alpha value is -1.59.